The van der Waals surface area contributed by atoms with Crippen LogP contribution in [0.3, 0.4) is 0 Å². The Bertz CT molecular complexity index is 631. The van der Waals surface area contributed by atoms with Crippen LogP contribution >= 0.6 is 11.6 Å². The van der Waals surface area contributed by atoms with E-state index in [2.05, 4.69) is 5.32 Å². The maximum atomic E-state index is 13.5. The Balaban J connectivity index is 2.33. The van der Waals surface area contributed by atoms with E-state index in [1.807, 2.05) is 18.2 Å². The summed E-state index contributed by atoms with van der Waals surface area (Å²) in [5.74, 6) is -0.773. The summed E-state index contributed by atoms with van der Waals surface area (Å²) in [6, 6.07) is 11.7. The maximum absolute atomic E-state index is 13.5. The molecular formula is C15H14ClFN2O. The van der Waals surface area contributed by atoms with E-state index in [1.165, 1.54) is 12.1 Å². The van der Waals surface area contributed by atoms with Crippen LogP contribution < -0.4 is 11.1 Å². The van der Waals surface area contributed by atoms with E-state index in [1.54, 1.807) is 12.1 Å². The summed E-state index contributed by atoms with van der Waals surface area (Å²) < 4.78 is 13.5. The standard InChI is InChI=1S/C15H14ClFN2O/c16-14-4-2-1-3-12(14)13-7-11(17)6-5-10(13)8-19-9-15(18)20/h1-7,19H,8-9H2,(H2,18,20). The molecule has 0 bridgehead atoms. The molecular weight excluding hydrogens is 279 g/mol. The molecule has 2 aromatic rings. The van der Waals surface area contributed by atoms with Crippen LogP contribution in [0.25, 0.3) is 11.1 Å². The number of amides is 1. The zero-order chi connectivity index (χ0) is 14.5. The lowest BCUT2D eigenvalue weighted by Gasteiger charge is -2.12. The molecule has 5 heteroatoms. The van der Waals surface area contributed by atoms with Crippen LogP contribution in [0, 0.1) is 5.82 Å². The molecule has 0 saturated heterocycles. The van der Waals surface area contributed by atoms with Gasteiger partial charge in [-0.1, -0.05) is 35.9 Å². The number of halogens is 2. The highest BCUT2D eigenvalue weighted by molar-refractivity contribution is 6.33. The van der Waals surface area contributed by atoms with Crippen LogP contribution in [0.4, 0.5) is 4.39 Å². The van der Waals surface area contributed by atoms with Gasteiger partial charge in [0, 0.05) is 17.1 Å². The van der Waals surface area contributed by atoms with Crippen molar-refractivity contribution in [2.45, 2.75) is 6.54 Å². The summed E-state index contributed by atoms with van der Waals surface area (Å²) in [6.45, 7) is 0.475. The van der Waals surface area contributed by atoms with E-state index >= 15 is 0 Å². The third-order valence-electron chi connectivity index (χ3n) is 2.85. The first kappa shape index (κ1) is 14.5. The molecule has 0 heterocycles. The summed E-state index contributed by atoms with van der Waals surface area (Å²) in [5, 5.41) is 3.46. The lowest BCUT2D eigenvalue weighted by Crippen LogP contribution is -2.28. The molecule has 2 aromatic carbocycles. The second-order valence-corrected chi connectivity index (χ2v) is 4.76. The van der Waals surface area contributed by atoms with Gasteiger partial charge in [0.05, 0.1) is 6.54 Å². The first-order chi connectivity index (χ1) is 9.58. The monoisotopic (exact) mass is 292 g/mol. The lowest BCUT2D eigenvalue weighted by atomic mass is 9.99. The summed E-state index contributed by atoms with van der Waals surface area (Å²) >= 11 is 6.15. The molecule has 2 rings (SSSR count). The van der Waals surface area contributed by atoms with Crippen molar-refractivity contribution < 1.29 is 9.18 Å². The zero-order valence-electron chi connectivity index (χ0n) is 10.7. The number of carbonyl (C=O) groups is 1. The Morgan fingerprint density at radius 1 is 1.20 bits per heavy atom. The second kappa shape index (κ2) is 6.50. The maximum Gasteiger partial charge on any atom is 0.231 e. The predicted octanol–water partition coefficient (Wildman–Crippen LogP) is 2.72. The minimum atomic E-state index is -0.439. The largest absolute Gasteiger partial charge is 0.369 e. The van der Waals surface area contributed by atoms with Gasteiger partial charge in [-0.25, -0.2) is 4.39 Å². The lowest BCUT2D eigenvalue weighted by molar-refractivity contribution is -0.117. The van der Waals surface area contributed by atoms with E-state index in [4.69, 9.17) is 17.3 Å². The second-order valence-electron chi connectivity index (χ2n) is 4.35. The Hall–Kier alpha value is -1.91. The van der Waals surface area contributed by atoms with Crippen molar-refractivity contribution in [2.24, 2.45) is 5.73 Å². The molecule has 0 saturated carbocycles. The fraction of sp³-hybridized carbons (Fsp3) is 0.133. The first-order valence-corrected chi connectivity index (χ1v) is 6.48. The fourth-order valence-electron chi connectivity index (χ4n) is 1.95. The van der Waals surface area contributed by atoms with Gasteiger partial charge in [-0.2, -0.15) is 0 Å². The quantitative estimate of drug-likeness (QED) is 0.890. The first-order valence-electron chi connectivity index (χ1n) is 6.10. The number of benzene rings is 2. The molecule has 3 N–H and O–H groups in total. The summed E-state index contributed by atoms with van der Waals surface area (Å²) in [6.07, 6.45) is 0. The van der Waals surface area contributed by atoms with Gasteiger partial charge in [0.25, 0.3) is 0 Å². The number of nitrogens with one attached hydrogen (secondary N) is 1. The number of primary amides is 1. The summed E-state index contributed by atoms with van der Waals surface area (Å²) in [7, 11) is 0. The number of nitrogens with two attached hydrogens (primary N) is 1. The number of rotatable bonds is 5. The number of hydrogen-bond donors (Lipinski definition) is 2. The zero-order valence-corrected chi connectivity index (χ0v) is 11.5. The van der Waals surface area contributed by atoms with Crippen molar-refractivity contribution in [1.29, 1.82) is 0 Å². The van der Waals surface area contributed by atoms with Gasteiger partial charge in [0.2, 0.25) is 5.91 Å². The van der Waals surface area contributed by atoms with Crippen molar-refractivity contribution in [1.82, 2.24) is 5.32 Å². The topological polar surface area (TPSA) is 55.1 Å². The number of hydrogen-bond acceptors (Lipinski definition) is 2. The molecule has 3 nitrogen and oxygen atoms in total. The van der Waals surface area contributed by atoms with E-state index in [0.717, 1.165) is 11.1 Å². The third kappa shape index (κ3) is 3.56. The molecule has 0 radical (unpaired) electrons. The smallest absolute Gasteiger partial charge is 0.231 e. The Labute approximate surface area is 121 Å². The van der Waals surface area contributed by atoms with Crippen molar-refractivity contribution >= 4 is 17.5 Å². The van der Waals surface area contributed by atoms with E-state index < -0.39 is 5.91 Å². The highest BCUT2D eigenvalue weighted by Gasteiger charge is 2.09. The van der Waals surface area contributed by atoms with Crippen LogP contribution in [0.15, 0.2) is 42.5 Å². The van der Waals surface area contributed by atoms with E-state index in [9.17, 15) is 9.18 Å². The van der Waals surface area contributed by atoms with Gasteiger partial charge in [0.15, 0.2) is 0 Å². The van der Waals surface area contributed by atoms with Gasteiger partial charge in [-0.3, -0.25) is 4.79 Å². The third-order valence-corrected chi connectivity index (χ3v) is 3.18. The van der Waals surface area contributed by atoms with Crippen LogP contribution in [-0.2, 0) is 11.3 Å². The Morgan fingerprint density at radius 2 is 1.95 bits per heavy atom. The SMILES string of the molecule is NC(=O)CNCc1ccc(F)cc1-c1ccccc1Cl. The van der Waals surface area contributed by atoms with Crippen LogP contribution in [-0.4, -0.2) is 12.5 Å². The fourth-order valence-corrected chi connectivity index (χ4v) is 2.19. The van der Waals surface area contributed by atoms with E-state index in [-0.39, 0.29) is 12.4 Å². The van der Waals surface area contributed by atoms with Crippen LogP contribution in [0.2, 0.25) is 5.02 Å². The number of carbonyl (C=O) groups excluding carboxylic acids is 1. The molecule has 0 aliphatic carbocycles. The molecule has 0 aliphatic rings. The molecule has 0 atom stereocenters. The minimum Gasteiger partial charge on any atom is -0.369 e. The van der Waals surface area contributed by atoms with Crippen molar-refractivity contribution in [3.63, 3.8) is 0 Å². The average molecular weight is 293 g/mol. The van der Waals surface area contributed by atoms with Crippen molar-refractivity contribution in [3.05, 3.63) is 58.9 Å². The predicted molar refractivity (Wildman–Crippen MR) is 77.7 cm³/mol. The highest BCUT2D eigenvalue weighted by atomic mass is 35.5. The van der Waals surface area contributed by atoms with Crippen molar-refractivity contribution in [2.75, 3.05) is 6.54 Å². The Kier molecular flexibility index (Phi) is 4.71. The van der Waals surface area contributed by atoms with Gasteiger partial charge >= 0.3 is 0 Å². The molecule has 104 valence electrons. The van der Waals surface area contributed by atoms with Gasteiger partial charge in [0.1, 0.15) is 5.82 Å². The Morgan fingerprint density at radius 3 is 2.65 bits per heavy atom. The highest BCUT2D eigenvalue weighted by Crippen LogP contribution is 2.30. The minimum absolute atomic E-state index is 0.0688. The van der Waals surface area contributed by atoms with Gasteiger partial charge in [-0.05, 0) is 29.3 Å². The van der Waals surface area contributed by atoms with Gasteiger partial charge < -0.3 is 11.1 Å². The molecule has 0 aromatic heterocycles. The van der Waals surface area contributed by atoms with Crippen molar-refractivity contribution in [3.8, 4) is 11.1 Å². The summed E-state index contributed by atoms with van der Waals surface area (Å²) in [4.78, 5) is 10.7. The molecule has 0 spiro atoms. The molecule has 0 fully saturated rings. The van der Waals surface area contributed by atoms with Crippen LogP contribution in [0.1, 0.15) is 5.56 Å². The van der Waals surface area contributed by atoms with Gasteiger partial charge in [-0.15, -0.1) is 0 Å². The normalized spacial score (nSPS) is 10.5. The molecule has 0 aliphatic heterocycles. The molecule has 0 unspecified atom stereocenters. The van der Waals surface area contributed by atoms with E-state index in [0.29, 0.717) is 17.1 Å². The summed E-state index contributed by atoms with van der Waals surface area (Å²) in [5.41, 5.74) is 7.38. The average Bonchev–Trinajstić information content (AvgIpc) is 2.41. The van der Waals surface area contributed by atoms with Crippen LogP contribution in [0.5, 0.6) is 0 Å². The molecule has 1 amide bonds. The molecule has 20 heavy (non-hydrogen) atoms.